The Labute approximate surface area is 124 Å². The Bertz CT molecular complexity index is 561. The van der Waals surface area contributed by atoms with E-state index in [1.54, 1.807) is 12.1 Å². The molecule has 0 saturated carbocycles. The summed E-state index contributed by atoms with van der Waals surface area (Å²) in [6, 6.07) is 3.58. The number of hydrogen-bond acceptors (Lipinski definition) is 6. The van der Waals surface area contributed by atoms with Crippen molar-refractivity contribution >= 4 is 15.9 Å². The first-order valence-electron chi connectivity index (χ1n) is 6.66. The van der Waals surface area contributed by atoms with Crippen LogP contribution < -0.4 is 0 Å². The second-order valence-electron chi connectivity index (χ2n) is 5.01. The molecule has 2 aromatic rings. The maximum absolute atomic E-state index is 9.12. The lowest BCUT2D eigenvalue weighted by Gasteiger charge is -2.29. The van der Waals surface area contributed by atoms with Crippen LogP contribution >= 0.6 is 15.9 Å². The zero-order valence-corrected chi connectivity index (χ0v) is 12.5. The molecule has 20 heavy (non-hydrogen) atoms. The molecule has 0 radical (unpaired) electrons. The van der Waals surface area contributed by atoms with Gasteiger partial charge in [0.05, 0.1) is 6.54 Å². The van der Waals surface area contributed by atoms with Crippen molar-refractivity contribution in [1.29, 1.82) is 0 Å². The average Bonchev–Trinajstić information content (AvgIpc) is 3.09. The number of aliphatic hydroxyl groups is 1. The highest BCUT2D eigenvalue weighted by Crippen LogP contribution is 2.24. The van der Waals surface area contributed by atoms with Gasteiger partial charge < -0.3 is 13.9 Å². The van der Waals surface area contributed by atoms with Crippen LogP contribution in [0.2, 0.25) is 0 Å². The number of aliphatic hydroxyl groups excluding tert-OH is 1. The van der Waals surface area contributed by atoms with E-state index in [1.165, 1.54) is 0 Å². The Morgan fingerprint density at radius 1 is 1.25 bits per heavy atom. The first-order valence-corrected chi connectivity index (χ1v) is 7.45. The Morgan fingerprint density at radius 2 is 2.05 bits per heavy atom. The van der Waals surface area contributed by atoms with Gasteiger partial charge in [-0.3, -0.25) is 4.90 Å². The van der Waals surface area contributed by atoms with E-state index >= 15 is 0 Å². The molecule has 0 bridgehead atoms. The molecule has 1 saturated heterocycles. The first kappa shape index (κ1) is 13.8. The molecule has 0 aliphatic carbocycles. The number of furan rings is 1. The van der Waals surface area contributed by atoms with Gasteiger partial charge in [-0.05, 0) is 59.9 Å². The van der Waals surface area contributed by atoms with Gasteiger partial charge in [0.2, 0.25) is 5.89 Å². The highest BCUT2D eigenvalue weighted by atomic mass is 79.9. The normalized spacial score (nSPS) is 17.7. The van der Waals surface area contributed by atoms with Crippen molar-refractivity contribution in [3.8, 4) is 11.7 Å². The number of piperidine rings is 1. The summed E-state index contributed by atoms with van der Waals surface area (Å²) in [4.78, 5) is 2.27. The smallest absolute Gasteiger partial charge is 0.283 e. The molecule has 6 nitrogen and oxygen atoms in total. The molecule has 2 aromatic heterocycles. The van der Waals surface area contributed by atoms with Crippen LogP contribution in [0.3, 0.4) is 0 Å². The molecular formula is C13H16BrN3O3. The Morgan fingerprint density at radius 3 is 2.70 bits per heavy atom. The molecule has 1 N–H and O–H groups in total. The zero-order valence-electron chi connectivity index (χ0n) is 11.0. The fourth-order valence-electron chi connectivity index (χ4n) is 2.36. The topological polar surface area (TPSA) is 75.5 Å². The van der Waals surface area contributed by atoms with E-state index in [4.69, 9.17) is 13.9 Å². The lowest BCUT2D eigenvalue weighted by molar-refractivity contribution is 0.121. The van der Waals surface area contributed by atoms with Gasteiger partial charge in [-0.1, -0.05) is 0 Å². The van der Waals surface area contributed by atoms with Crippen molar-refractivity contribution in [3.63, 3.8) is 0 Å². The summed E-state index contributed by atoms with van der Waals surface area (Å²) in [5, 5.41) is 17.2. The van der Waals surface area contributed by atoms with Gasteiger partial charge in [0.25, 0.3) is 5.89 Å². The molecule has 0 atom stereocenters. The van der Waals surface area contributed by atoms with Crippen LogP contribution in [0.5, 0.6) is 0 Å². The third-order valence-electron chi connectivity index (χ3n) is 3.58. The monoisotopic (exact) mass is 341 g/mol. The van der Waals surface area contributed by atoms with Crippen LogP contribution in [0.25, 0.3) is 11.7 Å². The third-order valence-corrected chi connectivity index (χ3v) is 4.00. The fourth-order valence-corrected chi connectivity index (χ4v) is 2.67. The largest absolute Gasteiger partial charge is 0.444 e. The molecule has 0 amide bonds. The number of nitrogens with zero attached hydrogens (tertiary/aromatic N) is 3. The highest BCUT2D eigenvalue weighted by molar-refractivity contribution is 9.10. The van der Waals surface area contributed by atoms with Crippen molar-refractivity contribution < 1.29 is 13.9 Å². The molecular weight excluding hydrogens is 326 g/mol. The second kappa shape index (κ2) is 6.07. The van der Waals surface area contributed by atoms with Crippen LogP contribution in [0, 0.1) is 5.92 Å². The van der Waals surface area contributed by atoms with E-state index in [0.29, 0.717) is 34.7 Å². The van der Waals surface area contributed by atoms with Crippen LogP contribution in [0.15, 0.2) is 25.6 Å². The third kappa shape index (κ3) is 3.11. The van der Waals surface area contributed by atoms with Crippen molar-refractivity contribution in [2.24, 2.45) is 5.92 Å². The maximum Gasteiger partial charge on any atom is 0.283 e. The second-order valence-corrected chi connectivity index (χ2v) is 5.79. The van der Waals surface area contributed by atoms with Gasteiger partial charge in [-0.2, -0.15) is 0 Å². The molecule has 3 heterocycles. The number of aromatic nitrogens is 2. The zero-order chi connectivity index (χ0) is 13.9. The minimum atomic E-state index is 0.284. The number of hydrogen-bond donors (Lipinski definition) is 1. The summed E-state index contributed by atoms with van der Waals surface area (Å²) in [5.41, 5.74) is 0. The molecule has 0 aromatic carbocycles. The molecule has 1 fully saturated rings. The van der Waals surface area contributed by atoms with Gasteiger partial charge in [-0.25, -0.2) is 0 Å². The van der Waals surface area contributed by atoms with E-state index in [2.05, 4.69) is 31.0 Å². The quantitative estimate of drug-likeness (QED) is 0.919. The average molecular weight is 342 g/mol. The van der Waals surface area contributed by atoms with Crippen molar-refractivity contribution in [3.05, 3.63) is 22.7 Å². The van der Waals surface area contributed by atoms with E-state index in [-0.39, 0.29) is 6.61 Å². The van der Waals surface area contributed by atoms with E-state index in [0.717, 1.165) is 25.9 Å². The minimum absolute atomic E-state index is 0.284. The van der Waals surface area contributed by atoms with Gasteiger partial charge in [0, 0.05) is 6.61 Å². The Balaban J connectivity index is 1.60. The molecule has 0 unspecified atom stereocenters. The first-order chi connectivity index (χ1) is 9.74. The van der Waals surface area contributed by atoms with Gasteiger partial charge >= 0.3 is 0 Å². The van der Waals surface area contributed by atoms with E-state index in [1.807, 2.05) is 0 Å². The summed E-state index contributed by atoms with van der Waals surface area (Å²) in [7, 11) is 0. The van der Waals surface area contributed by atoms with E-state index in [9.17, 15) is 0 Å². The Kier molecular flexibility index (Phi) is 4.18. The van der Waals surface area contributed by atoms with Crippen LogP contribution in [0.4, 0.5) is 0 Å². The summed E-state index contributed by atoms with van der Waals surface area (Å²) in [5.74, 6) is 1.99. The molecule has 7 heteroatoms. The standard InChI is InChI=1S/C13H16BrN3O3/c14-11-2-1-10(19-11)13-16-15-12(20-13)7-17-5-3-9(8-18)4-6-17/h1-2,9,18H,3-8H2. The Hall–Kier alpha value is -1.18. The van der Waals surface area contributed by atoms with Gasteiger partial charge in [0.15, 0.2) is 10.4 Å². The molecule has 0 spiro atoms. The number of halogens is 1. The van der Waals surface area contributed by atoms with Crippen molar-refractivity contribution in [2.75, 3.05) is 19.7 Å². The lowest BCUT2D eigenvalue weighted by atomic mass is 9.98. The lowest BCUT2D eigenvalue weighted by Crippen LogP contribution is -2.34. The molecule has 1 aliphatic rings. The minimum Gasteiger partial charge on any atom is -0.444 e. The molecule has 1 aliphatic heterocycles. The maximum atomic E-state index is 9.12. The van der Waals surface area contributed by atoms with Crippen LogP contribution in [-0.2, 0) is 6.54 Å². The fraction of sp³-hybridized carbons (Fsp3) is 0.538. The van der Waals surface area contributed by atoms with Crippen LogP contribution in [-0.4, -0.2) is 39.9 Å². The van der Waals surface area contributed by atoms with Crippen molar-refractivity contribution in [1.82, 2.24) is 15.1 Å². The predicted molar refractivity (Wildman–Crippen MR) is 74.8 cm³/mol. The SMILES string of the molecule is OCC1CCN(Cc2nnc(-c3ccc(Br)o3)o2)CC1. The van der Waals surface area contributed by atoms with E-state index < -0.39 is 0 Å². The number of rotatable bonds is 4. The summed E-state index contributed by atoms with van der Waals surface area (Å²) in [6.07, 6.45) is 2.03. The van der Waals surface area contributed by atoms with Gasteiger partial charge in [0.1, 0.15) is 0 Å². The van der Waals surface area contributed by atoms with Gasteiger partial charge in [-0.15, -0.1) is 10.2 Å². The highest BCUT2D eigenvalue weighted by Gasteiger charge is 2.20. The summed E-state index contributed by atoms with van der Waals surface area (Å²) < 4.78 is 11.6. The molecule has 3 rings (SSSR count). The predicted octanol–water partition coefficient (Wildman–Crippen LogP) is 2.30. The van der Waals surface area contributed by atoms with Crippen LogP contribution in [0.1, 0.15) is 18.7 Å². The molecule has 108 valence electrons. The summed E-state index contributed by atoms with van der Waals surface area (Å²) >= 11 is 3.24. The number of likely N-dealkylation sites (tertiary alicyclic amines) is 1. The van der Waals surface area contributed by atoms with Crippen molar-refractivity contribution in [2.45, 2.75) is 19.4 Å². The summed E-state index contributed by atoms with van der Waals surface area (Å²) in [6.45, 7) is 2.84.